The summed E-state index contributed by atoms with van der Waals surface area (Å²) in [7, 11) is 0. The SMILES string of the molecule is CCOC(=O)c1sc(-c2cccnc2)nc1NCc1ccc(CN2CCOCC2)cc1N. The van der Waals surface area contributed by atoms with Crippen LogP contribution in [0.2, 0.25) is 0 Å². The van der Waals surface area contributed by atoms with Crippen LogP contribution >= 0.6 is 11.3 Å². The standard InChI is InChI=1S/C23H27N5O3S/c1-2-31-23(29)20-21(27-22(32-20)18-4-3-7-25-13-18)26-14-17-6-5-16(12-19(17)24)15-28-8-10-30-11-9-28/h3-7,12-13,26H,2,8-11,14-15,24H2,1H3. The monoisotopic (exact) mass is 453 g/mol. The fourth-order valence-electron chi connectivity index (χ4n) is 3.49. The molecule has 3 heterocycles. The van der Waals surface area contributed by atoms with Crippen LogP contribution in [0, 0.1) is 0 Å². The third-order valence-electron chi connectivity index (χ3n) is 5.16. The molecule has 0 unspecified atom stereocenters. The predicted molar refractivity (Wildman–Crippen MR) is 126 cm³/mol. The molecule has 0 saturated carbocycles. The van der Waals surface area contributed by atoms with Crippen molar-refractivity contribution in [2.45, 2.75) is 20.0 Å². The number of morpholine rings is 1. The molecular formula is C23H27N5O3S. The maximum atomic E-state index is 12.5. The largest absolute Gasteiger partial charge is 0.462 e. The molecule has 0 radical (unpaired) electrons. The lowest BCUT2D eigenvalue weighted by molar-refractivity contribution is 0.0342. The molecule has 3 N–H and O–H groups in total. The van der Waals surface area contributed by atoms with Crippen LogP contribution in [0.5, 0.6) is 0 Å². The highest BCUT2D eigenvalue weighted by Gasteiger charge is 2.20. The van der Waals surface area contributed by atoms with Gasteiger partial charge in [-0.3, -0.25) is 9.88 Å². The molecule has 1 aromatic carbocycles. The van der Waals surface area contributed by atoms with Crippen LogP contribution in [0.25, 0.3) is 10.6 Å². The van der Waals surface area contributed by atoms with E-state index >= 15 is 0 Å². The number of pyridine rings is 1. The number of carbonyl (C=O) groups excluding carboxylic acids is 1. The van der Waals surface area contributed by atoms with Crippen LogP contribution in [-0.2, 0) is 22.6 Å². The van der Waals surface area contributed by atoms with Gasteiger partial charge in [0.2, 0.25) is 0 Å². The fraction of sp³-hybridized carbons (Fsp3) is 0.348. The van der Waals surface area contributed by atoms with Crippen molar-refractivity contribution in [2.24, 2.45) is 0 Å². The Hall–Kier alpha value is -3.01. The van der Waals surface area contributed by atoms with E-state index in [-0.39, 0.29) is 0 Å². The summed E-state index contributed by atoms with van der Waals surface area (Å²) in [5, 5.41) is 3.98. The zero-order valence-corrected chi connectivity index (χ0v) is 18.9. The zero-order valence-electron chi connectivity index (χ0n) is 18.0. The van der Waals surface area contributed by atoms with Crippen LogP contribution in [0.4, 0.5) is 11.5 Å². The van der Waals surface area contributed by atoms with E-state index in [0.29, 0.717) is 34.5 Å². The van der Waals surface area contributed by atoms with Crippen molar-refractivity contribution in [1.29, 1.82) is 0 Å². The van der Waals surface area contributed by atoms with Gasteiger partial charge < -0.3 is 20.5 Å². The van der Waals surface area contributed by atoms with Crippen LogP contribution in [0.3, 0.4) is 0 Å². The average molecular weight is 454 g/mol. The van der Waals surface area contributed by atoms with Crippen molar-refractivity contribution in [2.75, 3.05) is 44.0 Å². The number of hydrogen-bond acceptors (Lipinski definition) is 9. The first-order valence-electron chi connectivity index (χ1n) is 10.6. The number of nitrogen functional groups attached to an aromatic ring is 1. The summed E-state index contributed by atoms with van der Waals surface area (Å²) < 4.78 is 10.6. The van der Waals surface area contributed by atoms with E-state index in [4.69, 9.17) is 15.2 Å². The number of nitrogens with one attached hydrogen (secondary N) is 1. The number of carbonyl (C=O) groups is 1. The Morgan fingerprint density at radius 2 is 2.16 bits per heavy atom. The average Bonchev–Trinajstić information content (AvgIpc) is 3.24. The van der Waals surface area contributed by atoms with E-state index in [1.165, 1.54) is 16.9 Å². The molecular weight excluding hydrogens is 426 g/mol. The van der Waals surface area contributed by atoms with E-state index < -0.39 is 5.97 Å². The second-order valence-electron chi connectivity index (χ2n) is 7.43. The molecule has 1 fully saturated rings. The number of ether oxygens (including phenoxy) is 2. The van der Waals surface area contributed by atoms with Gasteiger partial charge in [0.05, 0.1) is 19.8 Å². The van der Waals surface area contributed by atoms with Crippen molar-refractivity contribution in [1.82, 2.24) is 14.9 Å². The Bertz CT molecular complexity index is 1050. The highest BCUT2D eigenvalue weighted by molar-refractivity contribution is 7.17. The maximum Gasteiger partial charge on any atom is 0.352 e. The molecule has 1 aliphatic rings. The number of anilines is 2. The Morgan fingerprint density at radius 3 is 2.88 bits per heavy atom. The van der Waals surface area contributed by atoms with E-state index in [1.807, 2.05) is 24.3 Å². The highest BCUT2D eigenvalue weighted by Crippen LogP contribution is 2.32. The van der Waals surface area contributed by atoms with Crippen LogP contribution in [0.1, 0.15) is 27.7 Å². The second-order valence-corrected chi connectivity index (χ2v) is 8.43. The molecule has 9 heteroatoms. The van der Waals surface area contributed by atoms with Gasteiger partial charge in [0.25, 0.3) is 0 Å². The van der Waals surface area contributed by atoms with Gasteiger partial charge in [0, 0.05) is 49.8 Å². The van der Waals surface area contributed by atoms with Gasteiger partial charge in [-0.1, -0.05) is 12.1 Å². The number of nitrogens with zero attached hydrogens (tertiary/aromatic N) is 3. The molecule has 0 spiro atoms. The first-order valence-corrected chi connectivity index (χ1v) is 11.4. The molecule has 4 rings (SSSR count). The molecule has 0 amide bonds. The van der Waals surface area contributed by atoms with Crippen molar-refractivity contribution in [3.05, 3.63) is 58.7 Å². The lowest BCUT2D eigenvalue weighted by Crippen LogP contribution is -2.35. The van der Waals surface area contributed by atoms with Gasteiger partial charge >= 0.3 is 5.97 Å². The van der Waals surface area contributed by atoms with Crippen molar-refractivity contribution in [3.8, 4) is 10.6 Å². The lowest BCUT2D eigenvalue weighted by Gasteiger charge is -2.26. The third-order valence-corrected chi connectivity index (χ3v) is 6.25. The van der Waals surface area contributed by atoms with Crippen molar-refractivity contribution >= 4 is 28.8 Å². The summed E-state index contributed by atoms with van der Waals surface area (Å²) >= 11 is 1.29. The maximum absolute atomic E-state index is 12.5. The Morgan fingerprint density at radius 1 is 1.31 bits per heavy atom. The molecule has 32 heavy (non-hydrogen) atoms. The van der Waals surface area contributed by atoms with Crippen molar-refractivity contribution in [3.63, 3.8) is 0 Å². The molecule has 1 aliphatic heterocycles. The minimum atomic E-state index is -0.392. The molecule has 0 atom stereocenters. The third kappa shape index (κ3) is 5.42. The second kappa shape index (κ2) is 10.5. The number of nitrogens with two attached hydrogens (primary N) is 1. The summed E-state index contributed by atoms with van der Waals surface area (Å²) in [5.74, 6) is 0.0977. The first-order chi connectivity index (χ1) is 15.6. The number of benzene rings is 1. The Labute approximate surface area is 191 Å². The van der Waals surface area contributed by atoms with Gasteiger partial charge in [0.1, 0.15) is 5.01 Å². The fourth-order valence-corrected chi connectivity index (χ4v) is 4.41. The van der Waals surface area contributed by atoms with Gasteiger partial charge in [-0.2, -0.15) is 0 Å². The van der Waals surface area contributed by atoms with Crippen LogP contribution in [-0.4, -0.2) is 53.7 Å². The number of hydrogen-bond donors (Lipinski definition) is 2. The minimum Gasteiger partial charge on any atom is -0.462 e. The minimum absolute atomic E-state index is 0.302. The van der Waals surface area contributed by atoms with Crippen LogP contribution < -0.4 is 11.1 Å². The highest BCUT2D eigenvalue weighted by atomic mass is 32.1. The van der Waals surface area contributed by atoms with Gasteiger partial charge in [-0.15, -0.1) is 11.3 Å². The summed E-state index contributed by atoms with van der Waals surface area (Å²) in [6, 6.07) is 9.89. The zero-order chi connectivity index (χ0) is 22.3. The first kappa shape index (κ1) is 22.2. The van der Waals surface area contributed by atoms with Crippen LogP contribution in [0.15, 0.2) is 42.7 Å². The quantitative estimate of drug-likeness (QED) is 0.395. The number of thiazole rings is 1. The van der Waals surface area contributed by atoms with Gasteiger partial charge in [0.15, 0.2) is 10.7 Å². The number of esters is 1. The van der Waals surface area contributed by atoms with E-state index in [2.05, 4.69) is 26.3 Å². The number of rotatable bonds is 8. The molecule has 1 saturated heterocycles. The summed E-state index contributed by atoms with van der Waals surface area (Å²) in [6.45, 7) is 6.81. The molecule has 168 valence electrons. The Kier molecular flexibility index (Phi) is 7.31. The summed E-state index contributed by atoms with van der Waals surface area (Å²) in [6.07, 6.45) is 3.43. The van der Waals surface area contributed by atoms with E-state index in [9.17, 15) is 4.79 Å². The molecule has 0 aliphatic carbocycles. The molecule has 8 nitrogen and oxygen atoms in total. The smallest absolute Gasteiger partial charge is 0.352 e. The molecule has 2 aromatic heterocycles. The van der Waals surface area contributed by atoms with Gasteiger partial charge in [-0.05, 0) is 36.2 Å². The van der Waals surface area contributed by atoms with Crippen molar-refractivity contribution < 1.29 is 14.3 Å². The summed E-state index contributed by atoms with van der Waals surface area (Å²) in [5.41, 5.74) is 10.0. The molecule has 3 aromatic rings. The normalized spacial score (nSPS) is 14.3. The summed E-state index contributed by atoms with van der Waals surface area (Å²) in [4.78, 5) is 24.0. The topological polar surface area (TPSA) is 103 Å². The van der Waals surface area contributed by atoms with E-state index in [1.54, 1.807) is 19.3 Å². The van der Waals surface area contributed by atoms with E-state index in [0.717, 1.165) is 44.0 Å². The van der Waals surface area contributed by atoms with Gasteiger partial charge in [-0.25, -0.2) is 9.78 Å². The predicted octanol–water partition coefficient (Wildman–Crippen LogP) is 3.41. The molecule has 0 bridgehead atoms. The lowest BCUT2D eigenvalue weighted by atomic mass is 10.1. The Balaban J connectivity index is 1.48. The number of aromatic nitrogens is 2.